The van der Waals surface area contributed by atoms with Crippen LogP contribution in [-0.2, 0) is 13.0 Å². The van der Waals surface area contributed by atoms with E-state index in [1.165, 1.54) is 11.9 Å². The van der Waals surface area contributed by atoms with Crippen LogP contribution < -0.4 is 20.1 Å². The summed E-state index contributed by atoms with van der Waals surface area (Å²) in [4.78, 5) is 20.7. The van der Waals surface area contributed by atoms with Crippen molar-refractivity contribution in [2.45, 2.75) is 19.4 Å². The number of carbonyl (C=O) groups is 1. The Morgan fingerprint density at radius 2 is 1.83 bits per heavy atom. The van der Waals surface area contributed by atoms with E-state index in [-0.39, 0.29) is 12.7 Å². The number of nitrogens with zero attached hydrogens (tertiary/aromatic N) is 2. The van der Waals surface area contributed by atoms with E-state index in [2.05, 4.69) is 32.7 Å². The van der Waals surface area contributed by atoms with E-state index in [0.717, 1.165) is 30.7 Å². The summed E-state index contributed by atoms with van der Waals surface area (Å²) in [5.74, 6) is 1.80. The van der Waals surface area contributed by atoms with E-state index in [1.54, 1.807) is 6.07 Å². The number of hydrogen-bond acceptors (Lipinski definition) is 6. The van der Waals surface area contributed by atoms with Gasteiger partial charge in [0, 0.05) is 19.2 Å². The molecule has 7 nitrogen and oxygen atoms in total. The van der Waals surface area contributed by atoms with Gasteiger partial charge >= 0.3 is 0 Å². The molecule has 148 valence electrons. The molecule has 1 aliphatic rings. The van der Waals surface area contributed by atoms with Crippen molar-refractivity contribution in [3.63, 3.8) is 0 Å². The number of benzene rings is 2. The maximum absolute atomic E-state index is 12.4. The maximum Gasteiger partial charge on any atom is 0.270 e. The lowest BCUT2D eigenvalue weighted by Crippen LogP contribution is -2.24. The number of anilines is 1. The third-order valence-corrected chi connectivity index (χ3v) is 4.58. The zero-order valence-corrected chi connectivity index (χ0v) is 15.9. The molecule has 0 saturated carbocycles. The zero-order chi connectivity index (χ0) is 19.9. The number of rotatable bonds is 8. The largest absolute Gasteiger partial charge is 0.454 e. The van der Waals surface area contributed by atoms with Gasteiger partial charge in [0.05, 0.1) is 0 Å². The minimum Gasteiger partial charge on any atom is -0.454 e. The van der Waals surface area contributed by atoms with Crippen molar-refractivity contribution < 1.29 is 14.3 Å². The summed E-state index contributed by atoms with van der Waals surface area (Å²) in [6.45, 7) is 1.37. The van der Waals surface area contributed by atoms with Crippen LogP contribution in [0.3, 0.4) is 0 Å². The van der Waals surface area contributed by atoms with Gasteiger partial charge in [0.15, 0.2) is 11.5 Å². The fraction of sp³-hybridized carbons (Fsp3) is 0.227. The van der Waals surface area contributed by atoms with E-state index >= 15 is 0 Å². The van der Waals surface area contributed by atoms with Crippen LogP contribution in [-0.4, -0.2) is 29.2 Å². The number of aryl methyl sites for hydroxylation is 1. The molecule has 0 unspecified atom stereocenters. The van der Waals surface area contributed by atoms with E-state index in [1.807, 2.05) is 36.4 Å². The predicted molar refractivity (Wildman–Crippen MR) is 109 cm³/mol. The first kappa shape index (κ1) is 18.7. The highest BCUT2D eigenvalue weighted by Gasteiger charge is 2.14. The quantitative estimate of drug-likeness (QED) is 0.575. The topological polar surface area (TPSA) is 85.4 Å². The maximum atomic E-state index is 12.4. The van der Waals surface area contributed by atoms with E-state index in [9.17, 15) is 4.79 Å². The SMILES string of the molecule is O=C(NCc1ccc2c(c1)OCO2)c1cc(NCCCc2ccccc2)ncn1. The summed E-state index contributed by atoms with van der Waals surface area (Å²) in [6.07, 6.45) is 3.36. The van der Waals surface area contributed by atoms with Crippen LogP contribution in [0.4, 0.5) is 5.82 Å². The molecule has 7 heteroatoms. The third-order valence-electron chi connectivity index (χ3n) is 4.58. The first-order chi connectivity index (χ1) is 14.3. The molecule has 0 fully saturated rings. The van der Waals surface area contributed by atoms with Crippen molar-refractivity contribution in [1.29, 1.82) is 0 Å². The van der Waals surface area contributed by atoms with Gasteiger partial charge in [-0.2, -0.15) is 0 Å². The summed E-state index contributed by atoms with van der Waals surface area (Å²) in [6, 6.07) is 17.6. The molecule has 3 aromatic rings. The van der Waals surface area contributed by atoms with E-state index in [0.29, 0.717) is 23.8 Å². The second-order valence-electron chi connectivity index (χ2n) is 6.67. The first-order valence-corrected chi connectivity index (χ1v) is 9.54. The minimum atomic E-state index is -0.252. The van der Waals surface area contributed by atoms with Crippen LogP contribution in [0.25, 0.3) is 0 Å². The van der Waals surface area contributed by atoms with Crippen LogP contribution >= 0.6 is 0 Å². The van der Waals surface area contributed by atoms with Gasteiger partial charge in [0.25, 0.3) is 5.91 Å². The van der Waals surface area contributed by atoms with Crippen molar-refractivity contribution in [1.82, 2.24) is 15.3 Å². The Kier molecular flexibility index (Phi) is 5.85. The van der Waals surface area contributed by atoms with Gasteiger partial charge in [-0.05, 0) is 36.1 Å². The van der Waals surface area contributed by atoms with Crippen LogP contribution in [0.2, 0.25) is 0 Å². The second kappa shape index (κ2) is 9.05. The van der Waals surface area contributed by atoms with Gasteiger partial charge in [-0.3, -0.25) is 4.79 Å². The molecule has 2 aromatic carbocycles. The van der Waals surface area contributed by atoms with Crippen LogP contribution in [0, 0.1) is 0 Å². The Morgan fingerprint density at radius 1 is 0.966 bits per heavy atom. The highest BCUT2D eigenvalue weighted by molar-refractivity contribution is 5.92. The van der Waals surface area contributed by atoms with Crippen molar-refractivity contribution in [3.05, 3.63) is 77.7 Å². The highest BCUT2D eigenvalue weighted by atomic mass is 16.7. The highest BCUT2D eigenvalue weighted by Crippen LogP contribution is 2.32. The average Bonchev–Trinajstić information content (AvgIpc) is 3.24. The van der Waals surface area contributed by atoms with Gasteiger partial charge < -0.3 is 20.1 Å². The van der Waals surface area contributed by atoms with Gasteiger partial charge in [0.1, 0.15) is 17.8 Å². The molecular weight excluding hydrogens is 368 g/mol. The number of aromatic nitrogens is 2. The summed E-state index contributed by atoms with van der Waals surface area (Å²) in [5.41, 5.74) is 2.56. The number of nitrogens with one attached hydrogen (secondary N) is 2. The Hall–Kier alpha value is -3.61. The molecule has 29 heavy (non-hydrogen) atoms. The molecule has 2 heterocycles. The molecule has 1 amide bonds. The van der Waals surface area contributed by atoms with E-state index < -0.39 is 0 Å². The van der Waals surface area contributed by atoms with Crippen molar-refractivity contribution in [2.75, 3.05) is 18.7 Å². The average molecular weight is 390 g/mol. The van der Waals surface area contributed by atoms with E-state index in [4.69, 9.17) is 9.47 Å². The van der Waals surface area contributed by atoms with Gasteiger partial charge in [-0.15, -0.1) is 0 Å². The summed E-state index contributed by atoms with van der Waals surface area (Å²) < 4.78 is 10.7. The minimum absolute atomic E-state index is 0.229. The molecule has 2 N–H and O–H groups in total. The zero-order valence-electron chi connectivity index (χ0n) is 15.9. The Labute approximate surface area is 169 Å². The Bertz CT molecular complexity index is 979. The number of carbonyl (C=O) groups excluding carboxylic acids is 1. The number of fused-ring (bicyclic) bond motifs is 1. The van der Waals surface area contributed by atoms with Crippen LogP contribution in [0.1, 0.15) is 28.0 Å². The fourth-order valence-electron chi connectivity index (χ4n) is 3.06. The molecule has 1 aliphatic heterocycles. The third kappa shape index (κ3) is 5.01. The molecule has 0 aliphatic carbocycles. The van der Waals surface area contributed by atoms with Gasteiger partial charge in [-0.1, -0.05) is 36.4 Å². The predicted octanol–water partition coefficient (Wildman–Crippen LogP) is 3.18. The van der Waals surface area contributed by atoms with Crippen LogP contribution in [0.5, 0.6) is 11.5 Å². The molecule has 1 aromatic heterocycles. The molecule has 0 saturated heterocycles. The lowest BCUT2D eigenvalue weighted by molar-refractivity contribution is 0.0945. The van der Waals surface area contributed by atoms with Crippen LogP contribution in [0.15, 0.2) is 60.9 Å². The smallest absolute Gasteiger partial charge is 0.270 e. The molecule has 0 spiro atoms. The molecule has 0 atom stereocenters. The summed E-state index contributed by atoms with van der Waals surface area (Å²) >= 11 is 0. The monoisotopic (exact) mass is 390 g/mol. The number of ether oxygens (including phenoxy) is 2. The number of hydrogen-bond donors (Lipinski definition) is 2. The second-order valence-corrected chi connectivity index (χ2v) is 6.67. The molecule has 4 rings (SSSR count). The molecular formula is C22H22N4O3. The van der Waals surface area contributed by atoms with Crippen molar-refractivity contribution in [2.24, 2.45) is 0 Å². The Morgan fingerprint density at radius 3 is 2.72 bits per heavy atom. The first-order valence-electron chi connectivity index (χ1n) is 9.54. The normalized spacial score (nSPS) is 11.9. The number of amides is 1. The summed E-state index contributed by atoms with van der Waals surface area (Å²) in [5, 5.41) is 6.12. The molecule has 0 bridgehead atoms. The molecule has 0 radical (unpaired) electrons. The van der Waals surface area contributed by atoms with Crippen molar-refractivity contribution >= 4 is 11.7 Å². The van der Waals surface area contributed by atoms with Crippen molar-refractivity contribution in [3.8, 4) is 11.5 Å². The lowest BCUT2D eigenvalue weighted by Gasteiger charge is -2.08. The van der Waals surface area contributed by atoms with Gasteiger partial charge in [0.2, 0.25) is 6.79 Å². The standard InChI is InChI=1S/C22H22N4O3/c27-22(24-13-17-8-9-19-20(11-17)29-15-28-19)18-12-21(26-14-25-18)23-10-4-7-16-5-2-1-3-6-16/h1-3,5-6,8-9,11-12,14H,4,7,10,13,15H2,(H,24,27)(H,23,25,26). The lowest BCUT2D eigenvalue weighted by atomic mass is 10.1. The fourth-order valence-corrected chi connectivity index (χ4v) is 3.06. The Balaban J connectivity index is 1.26. The summed E-state index contributed by atoms with van der Waals surface area (Å²) in [7, 11) is 0. The van der Waals surface area contributed by atoms with Gasteiger partial charge in [-0.25, -0.2) is 9.97 Å².